The van der Waals surface area contributed by atoms with Crippen LogP contribution in [0.1, 0.15) is 169 Å². The summed E-state index contributed by atoms with van der Waals surface area (Å²) in [4.78, 5) is 53.3. The van der Waals surface area contributed by atoms with Gasteiger partial charge in [0.2, 0.25) is 0 Å². The van der Waals surface area contributed by atoms with Crippen LogP contribution >= 0.6 is 0 Å². The first-order chi connectivity index (χ1) is 24.1. The maximum absolute atomic E-state index is 13.6. The van der Waals surface area contributed by atoms with E-state index in [1.165, 1.54) is 19.1 Å². The SMILES string of the molecule is CCCCCCCCC(C)(C(=O)NNC(=O)c1cccc(CCCCCCC)c1O)C(=O)NNC(=O)c1cccc(CCCCCCC)c1O. The number of hydrazine groups is 2. The summed E-state index contributed by atoms with van der Waals surface area (Å²) in [5.74, 6) is -3.20. The number of carbonyl (C=O) groups is 4. The van der Waals surface area contributed by atoms with Crippen LogP contribution in [0, 0.1) is 5.41 Å². The van der Waals surface area contributed by atoms with E-state index in [4.69, 9.17) is 0 Å². The Morgan fingerprint density at radius 3 is 1.28 bits per heavy atom. The summed E-state index contributed by atoms with van der Waals surface area (Å²) in [6.07, 6.45) is 17.7. The predicted octanol–water partition coefficient (Wildman–Crippen LogP) is 8.10. The van der Waals surface area contributed by atoms with Crippen molar-refractivity contribution in [1.29, 1.82) is 0 Å². The second-order valence-corrected chi connectivity index (χ2v) is 13.6. The molecule has 2 rings (SSSR count). The van der Waals surface area contributed by atoms with Crippen LogP contribution in [0.15, 0.2) is 36.4 Å². The molecule has 0 heterocycles. The van der Waals surface area contributed by atoms with Gasteiger partial charge < -0.3 is 10.2 Å². The quantitative estimate of drug-likeness (QED) is 0.0392. The molecule has 10 nitrogen and oxygen atoms in total. The van der Waals surface area contributed by atoms with Crippen molar-refractivity contribution in [2.75, 3.05) is 0 Å². The first-order valence-corrected chi connectivity index (χ1v) is 18.9. The van der Waals surface area contributed by atoms with Crippen LogP contribution in [0.25, 0.3) is 0 Å². The summed E-state index contributed by atoms with van der Waals surface area (Å²) >= 11 is 0. The molecule has 0 radical (unpaired) electrons. The molecule has 0 spiro atoms. The molecule has 0 aliphatic rings. The Morgan fingerprint density at radius 1 is 0.520 bits per heavy atom. The van der Waals surface area contributed by atoms with Gasteiger partial charge in [0.1, 0.15) is 16.9 Å². The summed E-state index contributed by atoms with van der Waals surface area (Å²) in [6.45, 7) is 7.90. The Bertz CT molecular complexity index is 1270. The summed E-state index contributed by atoms with van der Waals surface area (Å²) in [6, 6.07) is 9.91. The first-order valence-electron chi connectivity index (χ1n) is 18.9. The van der Waals surface area contributed by atoms with E-state index in [-0.39, 0.29) is 29.0 Å². The maximum atomic E-state index is 13.6. The lowest BCUT2D eigenvalue weighted by Crippen LogP contribution is -2.57. The zero-order valence-electron chi connectivity index (χ0n) is 30.9. The third-order valence-corrected chi connectivity index (χ3v) is 9.44. The fraction of sp³-hybridized carbons (Fsp3) is 0.600. The fourth-order valence-corrected chi connectivity index (χ4v) is 6.02. The summed E-state index contributed by atoms with van der Waals surface area (Å²) in [7, 11) is 0. The zero-order valence-corrected chi connectivity index (χ0v) is 30.9. The van der Waals surface area contributed by atoms with Gasteiger partial charge in [-0.25, -0.2) is 0 Å². The van der Waals surface area contributed by atoms with E-state index in [1.807, 2.05) is 0 Å². The van der Waals surface area contributed by atoms with Gasteiger partial charge in [0.05, 0.1) is 11.1 Å². The molecule has 0 saturated heterocycles. The van der Waals surface area contributed by atoms with E-state index in [0.29, 0.717) is 30.4 Å². The van der Waals surface area contributed by atoms with Crippen LogP contribution in [-0.2, 0) is 22.4 Å². The highest BCUT2D eigenvalue weighted by Crippen LogP contribution is 2.28. The lowest BCUT2D eigenvalue weighted by atomic mass is 9.82. The number of rotatable bonds is 23. The number of nitrogens with one attached hydrogen (secondary N) is 4. The van der Waals surface area contributed by atoms with Crippen molar-refractivity contribution in [2.24, 2.45) is 5.41 Å². The molecule has 0 saturated carbocycles. The smallest absolute Gasteiger partial charge is 0.273 e. The number of benzene rings is 2. The molecule has 2 aromatic carbocycles. The van der Waals surface area contributed by atoms with Crippen LogP contribution in [0.5, 0.6) is 11.5 Å². The number of amides is 4. The van der Waals surface area contributed by atoms with Gasteiger partial charge in [-0.2, -0.15) is 0 Å². The van der Waals surface area contributed by atoms with Gasteiger partial charge in [0, 0.05) is 0 Å². The average molecular weight is 695 g/mol. The van der Waals surface area contributed by atoms with Crippen molar-refractivity contribution in [3.05, 3.63) is 58.7 Å². The fourth-order valence-electron chi connectivity index (χ4n) is 6.02. The van der Waals surface area contributed by atoms with Crippen molar-refractivity contribution in [3.8, 4) is 11.5 Å². The molecule has 10 heteroatoms. The van der Waals surface area contributed by atoms with Gasteiger partial charge in [-0.3, -0.25) is 40.9 Å². The molecule has 0 aromatic heterocycles. The van der Waals surface area contributed by atoms with Crippen molar-refractivity contribution in [2.45, 2.75) is 150 Å². The number of carbonyl (C=O) groups excluding carboxylic acids is 4. The number of unbranched alkanes of at least 4 members (excludes halogenated alkanes) is 13. The standard InChI is InChI=1S/C40H62N4O6/c1-5-8-11-14-17-20-29-40(4,38(49)43-41-36(47)32-27-21-25-30(34(32)45)23-18-15-12-9-6-2)39(50)44-42-37(48)33-28-22-26-31(35(33)46)24-19-16-13-10-7-3/h21-22,25-28,45-46H,5-20,23-24,29H2,1-4H3,(H,41,47)(H,42,48)(H,43,49)(H,44,50). The molecule has 0 bridgehead atoms. The van der Waals surface area contributed by atoms with Crippen molar-refractivity contribution >= 4 is 23.6 Å². The Labute approximate surface area is 299 Å². The number of phenolic OH excluding ortho intramolecular Hbond substituents is 2. The van der Waals surface area contributed by atoms with Gasteiger partial charge in [-0.1, -0.05) is 135 Å². The zero-order chi connectivity index (χ0) is 36.8. The molecule has 0 aliphatic heterocycles. The molecule has 4 amide bonds. The van der Waals surface area contributed by atoms with Crippen molar-refractivity contribution < 1.29 is 29.4 Å². The second kappa shape index (κ2) is 23.3. The highest BCUT2D eigenvalue weighted by molar-refractivity contribution is 6.07. The van der Waals surface area contributed by atoms with Gasteiger partial charge in [-0.05, 0) is 62.3 Å². The van der Waals surface area contributed by atoms with E-state index in [1.54, 1.807) is 24.3 Å². The molecular weight excluding hydrogens is 632 g/mol. The van der Waals surface area contributed by atoms with E-state index in [0.717, 1.165) is 96.3 Å². The third-order valence-electron chi connectivity index (χ3n) is 9.44. The number of hydrogen-bond acceptors (Lipinski definition) is 6. The molecule has 50 heavy (non-hydrogen) atoms. The minimum Gasteiger partial charge on any atom is -0.507 e. The molecule has 0 atom stereocenters. The van der Waals surface area contributed by atoms with Crippen LogP contribution in [0.3, 0.4) is 0 Å². The lowest BCUT2D eigenvalue weighted by molar-refractivity contribution is -0.144. The van der Waals surface area contributed by atoms with Gasteiger partial charge in [-0.15, -0.1) is 0 Å². The summed E-state index contributed by atoms with van der Waals surface area (Å²) in [5.41, 5.74) is 9.20. The van der Waals surface area contributed by atoms with Gasteiger partial charge >= 0.3 is 0 Å². The normalized spacial score (nSPS) is 11.2. The Hall–Kier alpha value is -4.08. The molecule has 0 aliphatic carbocycles. The monoisotopic (exact) mass is 694 g/mol. The molecule has 2 aromatic rings. The Morgan fingerprint density at radius 2 is 0.880 bits per heavy atom. The number of para-hydroxylation sites is 2. The van der Waals surface area contributed by atoms with Crippen molar-refractivity contribution in [3.63, 3.8) is 0 Å². The van der Waals surface area contributed by atoms with Gasteiger partial charge in [0.25, 0.3) is 23.6 Å². The maximum Gasteiger partial charge on any atom is 0.273 e. The highest BCUT2D eigenvalue weighted by Gasteiger charge is 2.41. The van der Waals surface area contributed by atoms with Crippen LogP contribution < -0.4 is 21.7 Å². The van der Waals surface area contributed by atoms with Crippen molar-refractivity contribution in [1.82, 2.24) is 21.7 Å². The highest BCUT2D eigenvalue weighted by atomic mass is 16.3. The topological polar surface area (TPSA) is 157 Å². The molecule has 0 fully saturated rings. The van der Waals surface area contributed by atoms with Crippen LogP contribution in [0.2, 0.25) is 0 Å². The molecular formula is C40H62N4O6. The lowest BCUT2D eigenvalue weighted by Gasteiger charge is -2.27. The molecule has 278 valence electrons. The molecule has 0 unspecified atom stereocenters. The van der Waals surface area contributed by atoms with E-state index >= 15 is 0 Å². The third kappa shape index (κ3) is 13.7. The van der Waals surface area contributed by atoms with E-state index < -0.39 is 29.0 Å². The Balaban J connectivity index is 2.09. The number of phenols is 2. The van der Waals surface area contributed by atoms with Crippen LogP contribution in [-0.4, -0.2) is 33.8 Å². The number of aryl methyl sites for hydroxylation is 2. The van der Waals surface area contributed by atoms with Gasteiger partial charge in [0.15, 0.2) is 0 Å². The van der Waals surface area contributed by atoms with E-state index in [9.17, 15) is 29.4 Å². The summed E-state index contributed by atoms with van der Waals surface area (Å²) in [5, 5.41) is 21.6. The first kappa shape index (κ1) is 42.1. The largest absolute Gasteiger partial charge is 0.507 e. The van der Waals surface area contributed by atoms with E-state index in [2.05, 4.69) is 42.5 Å². The number of aromatic hydroxyl groups is 2. The average Bonchev–Trinajstić information content (AvgIpc) is 3.11. The second-order valence-electron chi connectivity index (χ2n) is 13.6. The Kier molecular flexibility index (Phi) is 19.7. The predicted molar refractivity (Wildman–Crippen MR) is 198 cm³/mol. The minimum absolute atomic E-state index is 0.0219. The number of hydrogen-bond donors (Lipinski definition) is 6. The van der Waals surface area contributed by atoms with Crippen LogP contribution in [0.4, 0.5) is 0 Å². The summed E-state index contributed by atoms with van der Waals surface area (Å²) < 4.78 is 0. The molecule has 6 N–H and O–H groups in total. The minimum atomic E-state index is -1.66.